The number of anilines is 1. The van der Waals surface area contributed by atoms with E-state index >= 15 is 0 Å². The Labute approximate surface area is 179 Å². The monoisotopic (exact) mass is 409 g/mol. The van der Waals surface area contributed by atoms with Crippen molar-refractivity contribution in [2.45, 2.75) is 13.0 Å². The van der Waals surface area contributed by atoms with Gasteiger partial charge in [0.15, 0.2) is 11.9 Å². The molecule has 0 unspecified atom stereocenters. The highest BCUT2D eigenvalue weighted by atomic mass is 16.5. The summed E-state index contributed by atoms with van der Waals surface area (Å²) in [6, 6.07) is 24.2. The van der Waals surface area contributed by atoms with E-state index in [0.29, 0.717) is 11.3 Å². The summed E-state index contributed by atoms with van der Waals surface area (Å²) in [7, 11) is 0. The Kier molecular flexibility index (Phi) is 4.64. The van der Waals surface area contributed by atoms with E-state index in [1.807, 2.05) is 55.5 Å². The molecular formula is C26H19NO4. The van der Waals surface area contributed by atoms with E-state index < -0.39 is 12.1 Å². The summed E-state index contributed by atoms with van der Waals surface area (Å²) < 4.78 is 11.1. The van der Waals surface area contributed by atoms with Crippen molar-refractivity contribution < 1.29 is 18.7 Å². The minimum absolute atomic E-state index is 0.201. The fraction of sp³-hybridized carbons (Fsp3) is 0.0769. The van der Waals surface area contributed by atoms with E-state index in [-0.39, 0.29) is 11.7 Å². The number of benzene rings is 3. The van der Waals surface area contributed by atoms with Crippen LogP contribution in [-0.2, 0) is 4.74 Å². The predicted molar refractivity (Wildman–Crippen MR) is 117 cm³/mol. The number of ether oxygens (including phenoxy) is 1. The van der Waals surface area contributed by atoms with Gasteiger partial charge in [0.05, 0.1) is 11.8 Å². The van der Waals surface area contributed by atoms with Crippen LogP contribution in [0.25, 0.3) is 11.1 Å². The molecule has 4 aromatic rings. The fourth-order valence-electron chi connectivity index (χ4n) is 3.89. The van der Waals surface area contributed by atoms with Crippen molar-refractivity contribution in [1.29, 1.82) is 0 Å². The molecule has 1 N–H and O–H groups in total. The Morgan fingerprint density at radius 1 is 0.871 bits per heavy atom. The van der Waals surface area contributed by atoms with Crippen molar-refractivity contribution in [2.75, 3.05) is 5.32 Å². The lowest BCUT2D eigenvalue weighted by atomic mass is 10.1. The van der Waals surface area contributed by atoms with Crippen LogP contribution in [0, 0.1) is 6.92 Å². The predicted octanol–water partition coefficient (Wildman–Crippen LogP) is 5.77. The minimum Gasteiger partial charge on any atom is -0.459 e. The molecule has 152 valence electrons. The first-order valence-corrected chi connectivity index (χ1v) is 9.96. The normalized spacial score (nSPS) is 12.2. The SMILES string of the molecule is Cc1ccc(C(=O)OC2c3ccccc3-c3ccccc32)cc1NC(=O)c1ccco1. The zero-order valence-electron chi connectivity index (χ0n) is 16.8. The van der Waals surface area contributed by atoms with Crippen molar-refractivity contribution in [3.8, 4) is 11.1 Å². The van der Waals surface area contributed by atoms with Gasteiger partial charge in [0.25, 0.3) is 5.91 Å². The van der Waals surface area contributed by atoms with E-state index in [1.54, 1.807) is 30.3 Å². The second kappa shape index (κ2) is 7.61. The number of carbonyl (C=O) groups excluding carboxylic acids is 2. The minimum atomic E-state index is -0.470. The molecule has 0 fully saturated rings. The number of rotatable bonds is 4. The molecule has 31 heavy (non-hydrogen) atoms. The van der Waals surface area contributed by atoms with Gasteiger partial charge in [-0.15, -0.1) is 0 Å². The third-order valence-electron chi connectivity index (χ3n) is 5.47. The topological polar surface area (TPSA) is 68.5 Å². The first-order valence-electron chi connectivity index (χ1n) is 9.96. The number of amides is 1. The lowest BCUT2D eigenvalue weighted by Gasteiger charge is -2.16. The molecule has 1 heterocycles. The number of hydrogen-bond donors (Lipinski definition) is 1. The quantitative estimate of drug-likeness (QED) is 0.435. The van der Waals surface area contributed by atoms with Crippen molar-refractivity contribution >= 4 is 17.6 Å². The molecule has 0 radical (unpaired) electrons. The van der Waals surface area contributed by atoms with Crippen LogP contribution in [0.5, 0.6) is 0 Å². The largest absolute Gasteiger partial charge is 0.459 e. The Balaban J connectivity index is 1.42. The third kappa shape index (κ3) is 3.40. The van der Waals surface area contributed by atoms with Gasteiger partial charge >= 0.3 is 5.97 Å². The number of carbonyl (C=O) groups is 2. The zero-order valence-corrected chi connectivity index (χ0v) is 16.8. The number of furan rings is 1. The van der Waals surface area contributed by atoms with Crippen LogP contribution in [0.3, 0.4) is 0 Å². The van der Waals surface area contributed by atoms with E-state index in [1.165, 1.54) is 6.26 Å². The number of esters is 1. The van der Waals surface area contributed by atoms with Crippen LogP contribution >= 0.6 is 0 Å². The fourth-order valence-corrected chi connectivity index (χ4v) is 3.89. The summed E-state index contributed by atoms with van der Waals surface area (Å²) >= 11 is 0. The molecule has 3 aromatic carbocycles. The molecule has 0 spiro atoms. The highest BCUT2D eigenvalue weighted by Gasteiger charge is 2.31. The van der Waals surface area contributed by atoms with Crippen LogP contribution < -0.4 is 5.32 Å². The van der Waals surface area contributed by atoms with Gasteiger partial charge < -0.3 is 14.5 Å². The first kappa shape index (κ1) is 18.9. The van der Waals surface area contributed by atoms with Crippen molar-refractivity contribution in [3.63, 3.8) is 0 Å². The Morgan fingerprint density at radius 3 is 2.19 bits per heavy atom. The van der Waals surface area contributed by atoms with E-state index in [0.717, 1.165) is 27.8 Å². The molecule has 0 aliphatic heterocycles. The smallest absolute Gasteiger partial charge is 0.339 e. The van der Waals surface area contributed by atoms with Crippen LogP contribution in [0.4, 0.5) is 5.69 Å². The maximum Gasteiger partial charge on any atom is 0.339 e. The van der Waals surface area contributed by atoms with Gasteiger partial charge in [0.2, 0.25) is 0 Å². The third-order valence-corrected chi connectivity index (χ3v) is 5.47. The summed E-state index contributed by atoms with van der Waals surface area (Å²) in [4.78, 5) is 25.4. The van der Waals surface area contributed by atoms with Crippen molar-refractivity contribution in [2.24, 2.45) is 0 Å². The summed E-state index contributed by atoms with van der Waals surface area (Å²) in [5, 5.41) is 2.79. The van der Waals surface area contributed by atoms with Gasteiger partial charge in [0, 0.05) is 16.8 Å². The van der Waals surface area contributed by atoms with Gasteiger partial charge in [0.1, 0.15) is 0 Å². The molecule has 1 aliphatic carbocycles. The molecule has 0 saturated carbocycles. The summed E-state index contributed by atoms with van der Waals surface area (Å²) in [5.41, 5.74) is 5.81. The Morgan fingerprint density at radius 2 is 1.55 bits per heavy atom. The van der Waals surface area contributed by atoms with E-state index in [9.17, 15) is 9.59 Å². The number of fused-ring (bicyclic) bond motifs is 3. The van der Waals surface area contributed by atoms with Crippen LogP contribution in [0.1, 0.15) is 43.7 Å². The number of aryl methyl sites for hydroxylation is 1. The lowest BCUT2D eigenvalue weighted by Crippen LogP contribution is -2.14. The molecule has 5 heteroatoms. The molecule has 1 aliphatic rings. The van der Waals surface area contributed by atoms with Crippen molar-refractivity contribution in [1.82, 2.24) is 0 Å². The molecule has 5 rings (SSSR count). The van der Waals surface area contributed by atoms with Gasteiger partial charge in [-0.05, 0) is 47.9 Å². The van der Waals surface area contributed by atoms with Crippen LogP contribution in [-0.4, -0.2) is 11.9 Å². The van der Waals surface area contributed by atoms with E-state index in [2.05, 4.69) is 5.32 Å². The number of nitrogens with one attached hydrogen (secondary N) is 1. The molecule has 1 aromatic heterocycles. The molecule has 0 atom stereocenters. The maximum absolute atomic E-state index is 13.0. The lowest BCUT2D eigenvalue weighted by molar-refractivity contribution is 0.0385. The molecule has 1 amide bonds. The van der Waals surface area contributed by atoms with Crippen LogP contribution in [0.15, 0.2) is 89.5 Å². The second-order valence-electron chi connectivity index (χ2n) is 7.42. The molecule has 5 nitrogen and oxygen atoms in total. The number of hydrogen-bond acceptors (Lipinski definition) is 4. The van der Waals surface area contributed by atoms with Gasteiger partial charge in [-0.25, -0.2) is 4.79 Å². The second-order valence-corrected chi connectivity index (χ2v) is 7.42. The summed E-state index contributed by atoms with van der Waals surface area (Å²) in [5.74, 6) is -0.631. The molecule has 0 bridgehead atoms. The summed E-state index contributed by atoms with van der Waals surface area (Å²) in [6.45, 7) is 1.86. The first-order chi connectivity index (χ1) is 15.1. The standard InChI is InChI=1S/C26H19NO4/c1-16-12-13-17(15-22(16)27-25(28)23-11-6-14-30-23)26(29)31-24-20-9-4-2-7-18(20)19-8-3-5-10-21(19)24/h2-15,24H,1H3,(H,27,28). The average molecular weight is 409 g/mol. The van der Waals surface area contributed by atoms with Crippen LogP contribution in [0.2, 0.25) is 0 Å². The Bertz CT molecular complexity index is 1250. The van der Waals surface area contributed by atoms with E-state index in [4.69, 9.17) is 9.15 Å². The maximum atomic E-state index is 13.0. The molecular weight excluding hydrogens is 390 g/mol. The van der Waals surface area contributed by atoms with Gasteiger partial charge in [-0.1, -0.05) is 54.6 Å². The zero-order chi connectivity index (χ0) is 21.4. The summed E-state index contributed by atoms with van der Waals surface area (Å²) in [6.07, 6.45) is 0.967. The van der Waals surface area contributed by atoms with Crippen molar-refractivity contribution in [3.05, 3.63) is 113 Å². The van der Waals surface area contributed by atoms with Gasteiger partial charge in [-0.2, -0.15) is 0 Å². The highest BCUT2D eigenvalue weighted by molar-refractivity contribution is 6.03. The van der Waals surface area contributed by atoms with Gasteiger partial charge in [-0.3, -0.25) is 4.79 Å². The molecule has 0 saturated heterocycles. The Hall–Kier alpha value is -4.12. The highest BCUT2D eigenvalue weighted by Crippen LogP contribution is 2.45. The average Bonchev–Trinajstić information content (AvgIpc) is 3.43.